The molecule has 0 saturated heterocycles. The minimum atomic E-state index is -0.252. The van der Waals surface area contributed by atoms with Crippen LogP contribution in [0.1, 0.15) is 34.6 Å². The van der Waals surface area contributed by atoms with E-state index in [4.69, 9.17) is 19.1 Å². The summed E-state index contributed by atoms with van der Waals surface area (Å²) in [6.45, 7) is 0.979. The number of nitrogens with zero attached hydrogens (tertiary/aromatic N) is 4. The summed E-state index contributed by atoms with van der Waals surface area (Å²) in [6, 6.07) is 23.7. The number of hydroxylamine groups is 4. The average Bonchev–Trinajstić information content (AvgIpc) is 3.90. The fourth-order valence-corrected chi connectivity index (χ4v) is 4.33. The Bertz CT molecular complexity index is 1550. The lowest BCUT2D eigenvalue weighted by Gasteiger charge is -2.13. The molecule has 5 rings (SSSR count). The van der Waals surface area contributed by atoms with E-state index in [0.29, 0.717) is 19.0 Å². The van der Waals surface area contributed by atoms with Gasteiger partial charge in [0.2, 0.25) is 5.91 Å². The molecule has 1 aliphatic carbocycles. The molecule has 234 valence electrons. The summed E-state index contributed by atoms with van der Waals surface area (Å²) in [5, 5.41) is 2.42. The molecule has 0 aliphatic heterocycles. The van der Waals surface area contributed by atoms with E-state index in [1.54, 1.807) is 45.0 Å². The number of amides is 2. The summed E-state index contributed by atoms with van der Waals surface area (Å²) in [4.78, 5) is 41.8. The Hall–Kier alpha value is -5.06. The van der Waals surface area contributed by atoms with Gasteiger partial charge in [0.15, 0.2) is 0 Å². The Morgan fingerprint density at radius 2 is 1.33 bits per heavy atom. The van der Waals surface area contributed by atoms with Gasteiger partial charge in [0, 0.05) is 38.5 Å². The van der Waals surface area contributed by atoms with Gasteiger partial charge >= 0.3 is 0 Å². The predicted molar refractivity (Wildman–Crippen MR) is 169 cm³/mol. The lowest BCUT2D eigenvalue weighted by atomic mass is 10.1. The highest BCUT2D eigenvalue weighted by Crippen LogP contribution is 2.48. The van der Waals surface area contributed by atoms with Crippen molar-refractivity contribution in [1.29, 1.82) is 0 Å². The zero-order valence-corrected chi connectivity index (χ0v) is 25.9. The smallest absolute Gasteiger partial charge is 0.269 e. The molecule has 0 radical (unpaired) electrons. The van der Waals surface area contributed by atoms with Crippen LogP contribution < -0.4 is 9.47 Å². The third-order valence-electron chi connectivity index (χ3n) is 7.09. The lowest BCUT2D eigenvalue weighted by molar-refractivity contribution is -0.170. The molecule has 10 heteroatoms. The Morgan fingerprint density at radius 3 is 1.91 bits per heavy atom. The number of aromatic nitrogens is 2. The van der Waals surface area contributed by atoms with Crippen LogP contribution in [0.15, 0.2) is 104 Å². The highest BCUT2D eigenvalue weighted by molar-refractivity contribution is 5.90. The summed E-state index contributed by atoms with van der Waals surface area (Å²) in [5.74, 6) is 1.31. The number of carbonyl (C=O) groups is 2. The highest BCUT2D eigenvalue weighted by atomic mass is 16.7. The van der Waals surface area contributed by atoms with Gasteiger partial charge in [-0.15, -0.1) is 0 Å². The molecule has 2 unspecified atom stereocenters. The monoisotopic (exact) mass is 610 g/mol. The Labute approximate surface area is 263 Å². The van der Waals surface area contributed by atoms with Crippen molar-refractivity contribution in [3.8, 4) is 11.5 Å². The first kappa shape index (κ1) is 32.8. The van der Waals surface area contributed by atoms with Crippen molar-refractivity contribution in [2.45, 2.75) is 25.6 Å². The molecule has 1 fully saturated rings. The Balaban J connectivity index is 0.000000205. The van der Waals surface area contributed by atoms with E-state index in [0.717, 1.165) is 39.5 Å². The molecule has 2 heterocycles. The molecule has 45 heavy (non-hydrogen) atoms. The summed E-state index contributed by atoms with van der Waals surface area (Å²) in [7, 11) is 6.11. The molecule has 0 N–H and O–H groups in total. The van der Waals surface area contributed by atoms with E-state index in [1.807, 2.05) is 72.8 Å². The molecule has 4 aromatic rings. The first-order valence-corrected chi connectivity index (χ1v) is 14.4. The van der Waals surface area contributed by atoms with E-state index >= 15 is 0 Å². The van der Waals surface area contributed by atoms with Crippen molar-refractivity contribution >= 4 is 17.9 Å². The zero-order chi connectivity index (χ0) is 32.0. The van der Waals surface area contributed by atoms with Crippen LogP contribution in [0.5, 0.6) is 11.5 Å². The third-order valence-corrected chi connectivity index (χ3v) is 7.09. The number of hydrogen-bond donors (Lipinski definition) is 0. The van der Waals surface area contributed by atoms with Gasteiger partial charge in [0.25, 0.3) is 5.91 Å². The molecular weight excluding hydrogens is 572 g/mol. The van der Waals surface area contributed by atoms with Crippen molar-refractivity contribution < 1.29 is 28.7 Å². The van der Waals surface area contributed by atoms with E-state index in [2.05, 4.69) is 9.97 Å². The van der Waals surface area contributed by atoms with E-state index in [9.17, 15) is 9.59 Å². The number of likely N-dealkylation sites (N-methyl/N-ethyl adjacent to an activating group) is 1. The average molecular weight is 611 g/mol. The van der Waals surface area contributed by atoms with Crippen molar-refractivity contribution in [2.75, 3.05) is 28.3 Å². The molecule has 2 aromatic carbocycles. The van der Waals surface area contributed by atoms with Crippen LogP contribution in [0.25, 0.3) is 6.08 Å². The topological polar surface area (TPSA) is 103 Å². The minimum absolute atomic E-state index is 0.00751. The molecule has 1 aliphatic rings. The van der Waals surface area contributed by atoms with Crippen molar-refractivity contribution in [1.82, 2.24) is 20.1 Å². The number of benzene rings is 2. The van der Waals surface area contributed by atoms with Gasteiger partial charge in [-0.2, -0.15) is 0 Å². The second-order valence-corrected chi connectivity index (χ2v) is 10.3. The summed E-state index contributed by atoms with van der Waals surface area (Å²) in [6.07, 6.45) is 10.7. The normalized spacial score (nSPS) is 15.0. The Kier molecular flexibility index (Phi) is 12.2. The maximum atomic E-state index is 12.1. The molecule has 0 spiro atoms. The highest BCUT2D eigenvalue weighted by Gasteiger charge is 2.45. The standard InChI is InChI=1S/C18H20N2O3.C17H18N2O3/c1-20(22-2)18(21)17-9-16(17)14-8-15(11-19-10-14)23-12-13-6-4-3-5-7-13;1-19(21-2)17(20)9-8-15-10-16(12-18-11-15)22-13-14-6-4-3-5-7-14/h3-8,10-11,16-17H,9,12H2,1-2H3;3-12H,13H2,1-2H3/b;9-8+. The number of hydrogen-bond acceptors (Lipinski definition) is 8. The maximum absolute atomic E-state index is 12.1. The largest absolute Gasteiger partial charge is 0.487 e. The SMILES string of the molecule is CON(C)C(=O)/C=C/c1cncc(OCc2ccccc2)c1.CON(C)C(=O)C1CC1c1cncc(OCc2ccccc2)c1. The first-order valence-electron chi connectivity index (χ1n) is 14.4. The first-order chi connectivity index (χ1) is 21.9. The second kappa shape index (κ2) is 16.7. The maximum Gasteiger partial charge on any atom is 0.269 e. The van der Waals surface area contributed by atoms with Crippen LogP contribution >= 0.6 is 0 Å². The van der Waals surface area contributed by atoms with Gasteiger partial charge in [-0.05, 0) is 52.8 Å². The van der Waals surface area contributed by atoms with Crippen LogP contribution in [-0.4, -0.2) is 60.2 Å². The lowest BCUT2D eigenvalue weighted by Crippen LogP contribution is -2.27. The predicted octanol–water partition coefficient (Wildman–Crippen LogP) is 5.48. The van der Waals surface area contributed by atoms with Crippen LogP contribution in [-0.2, 0) is 32.5 Å². The molecule has 2 aromatic heterocycles. The fraction of sp³-hybridized carbons (Fsp3) is 0.257. The summed E-state index contributed by atoms with van der Waals surface area (Å²) >= 11 is 0. The number of rotatable bonds is 12. The number of ether oxygens (including phenoxy) is 2. The van der Waals surface area contributed by atoms with Crippen molar-refractivity contribution in [3.63, 3.8) is 0 Å². The minimum Gasteiger partial charge on any atom is -0.487 e. The van der Waals surface area contributed by atoms with Gasteiger partial charge in [-0.1, -0.05) is 60.7 Å². The summed E-state index contributed by atoms with van der Waals surface area (Å²) < 4.78 is 11.5. The molecule has 2 amide bonds. The van der Waals surface area contributed by atoms with Crippen LogP contribution in [0.4, 0.5) is 0 Å². The van der Waals surface area contributed by atoms with Gasteiger partial charge in [-0.25, -0.2) is 10.1 Å². The molecule has 10 nitrogen and oxygen atoms in total. The van der Waals surface area contributed by atoms with Gasteiger partial charge in [-0.3, -0.25) is 29.2 Å². The number of carbonyl (C=O) groups excluding carboxylic acids is 2. The van der Waals surface area contributed by atoms with Gasteiger partial charge in [0.05, 0.1) is 26.6 Å². The third kappa shape index (κ3) is 10.3. The zero-order valence-electron chi connectivity index (χ0n) is 25.9. The van der Waals surface area contributed by atoms with E-state index < -0.39 is 0 Å². The Morgan fingerprint density at radius 1 is 0.778 bits per heavy atom. The molecular formula is C35H38N4O6. The van der Waals surface area contributed by atoms with Gasteiger partial charge < -0.3 is 9.47 Å². The molecule has 2 atom stereocenters. The van der Waals surface area contributed by atoms with Crippen molar-refractivity contribution in [3.05, 3.63) is 126 Å². The van der Waals surface area contributed by atoms with Crippen molar-refractivity contribution in [2.24, 2.45) is 5.92 Å². The number of pyridine rings is 2. The van der Waals surface area contributed by atoms with E-state index in [1.165, 1.54) is 25.4 Å². The fourth-order valence-electron chi connectivity index (χ4n) is 4.33. The van der Waals surface area contributed by atoms with Crippen LogP contribution in [0.3, 0.4) is 0 Å². The van der Waals surface area contributed by atoms with Crippen LogP contribution in [0.2, 0.25) is 0 Å². The molecule has 0 bridgehead atoms. The molecule has 1 saturated carbocycles. The van der Waals surface area contributed by atoms with E-state index in [-0.39, 0.29) is 23.7 Å². The summed E-state index contributed by atoms with van der Waals surface area (Å²) in [5.41, 5.74) is 4.02. The second-order valence-electron chi connectivity index (χ2n) is 10.3. The van der Waals surface area contributed by atoms with Crippen LogP contribution in [0, 0.1) is 5.92 Å². The quantitative estimate of drug-likeness (QED) is 0.154. The van der Waals surface area contributed by atoms with Gasteiger partial charge in [0.1, 0.15) is 24.7 Å².